The normalized spacial score (nSPS) is 9.78. The van der Waals surface area contributed by atoms with E-state index in [0.29, 0.717) is 0 Å². The molecule has 0 rings (SSSR count). The SMILES string of the molecule is C=COP(=O)(C=C)C=C. The monoisotopic (exact) mass is 144 g/mol. The summed E-state index contributed by atoms with van der Waals surface area (Å²) in [6.07, 6.45) is 1.12. The molecule has 0 saturated carbocycles. The molecule has 0 unspecified atom stereocenters. The Morgan fingerprint density at radius 1 is 1.22 bits per heavy atom. The Hall–Kier alpha value is -0.750. The molecule has 0 bridgehead atoms. The van der Waals surface area contributed by atoms with Crippen molar-refractivity contribution in [2.75, 3.05) is 0 Å². The van der Waals surface area contributed by atoms with Crippen LogP contribution in [0.5, 0.6) is 0 Å². The summed E-state index contributed by atoms with van der Waals surface area (Å²) in [6, 6.07) is 0. The van der Waals surface area contributed by atoms with Gasteiger partial charge in [-0.25, -0.2) is 0 Å². The molecule has 0 aliphatic carbocycles. The van der Waals surface area contributed by atoms with Gasteiger partial charge in [0.15, 0.2) is 0 Å². The van der Waals surface area contributed by atoms with E-state index >= 15 is 0 Å². The molecule has 0 amide bonds. The van der Waals surface area contributed by atoms with Gasteiger partial charge in [-0.05, 0) is 0 Å². The third-order valence-electron chi connectivity index (χ3n) is 0.748. The molecule has 9 heavy (non-hydrogen) atoms. The van der Waals surface area contributed by atoms with E-state index in [1.807, 2.05) is 0 Å². The van der Waals surface area contributed by atoms with Crippen LogP contribution in [0.4, 0.5) is 0 Å². The first-order chi connectivity index (χ1) is 4.18. The van der Waals surface area contributed by atoms with Gasteiger partial charge in [0.1, 0.15) is 0 Å². The molecule has 0 aromatic rings. The highest BCUT2D eigenvalue weighted by atomic mass is 31.2. The molecule has 0 saturated heterocycles. The van der Waals surface area contributed by atoms with E-state index in [0.717, 1.165) is 6.26 Å². The summed E-state index contributed by atoms with van der Waals surface area (Å²) in [7, 11) is -2.77. The Kier molecular flexibility index (Phi) is 3.03. The van der Waals surface area contributed by atoms with E-state index < -0.39 is 7.37 Å². The third kappa shape index (κ3) is 2.34. The molecule has 0 atom stereocenters. The summed E-state index contributed by atoms with van der Waals surface area (Å²) < 4.78 is 15.6. The smallest absolute Gasteiger partial charge is 0.290 e. The van der Waals surface area contributed by atoms with Gasteiger partial charge in [-0.1, -0.05) is 19.7 Å². The van der Waals surface area contributed by atoms with Crippen LogP contribution in [-0.2, 0) is 9.09 Å². The van der Waals surface area contributed by atoms with Crippen molar-refractivity contribution in [2.45, 2.75) is 0 Å². The second kappa shape index (κ2) is 3.31. The van der Waals surface area contributed by atoms with Crippen molar-refractivity contribution in [3.05, 3.63) is 37.6 Å². The summed E-state index contributed by atoms with van der Waals surface area (Å²) >= 11 is 0. The average molecular weight is 144 g/mol. The van der Waals surface area contributed by atoms with Gasteiger partial charge in [-0.3, -0.25) is 4.57 Å². The lowest BCUT2D eigenvalue weighted by Crippen LogP contribution is -1.70. The molecule has 0 radical (unpaired) electrons. The van der Waals surface area contributed by atoms with Gasteiger partial charge in [0.25, 0.3) is 7.37 Å². The minimum atomic E-state index is -2.77. The Morgan fingerprint density at radius 2 is 1.67 bits per heavy atom. The topological polar surface area (TPSA) is 26.3 Å². The van der Waals surface area contributed by atoms with Crippen LogP contribution >= 0.6 is 7.37 Å². The van der Waals surface area contributed by atoms with Crippen molar-refractivity contribution in [1.82, 2.24) is 0 Å². The Balaban J connectivity index is 4.27. The van der Waals surface area contributed by atoms with Crippen LogP contribution in [0.15, 0.2) is 37.6 Å². The summed E-state index contributed by atoms with van der Waals surface area (Å²) in [4.78, 5) is 0. The predicted molar refractivity (Wildman–Crippen MR) is 39.3 cm³/mol. The van der Waals surface area contributed by atoms with E-state index in [4.69, 9.17) is 0 Å². The van der Waals surface area contributed by atoms with Crippen molar-refractivity contribution in [3.63, 3.8) is 0 Å². The number of hydrogen-bond donors (Lipinski definition) is 0. The molecule has 0 heterocycles. The lowest BCUT2D eigenvalue weighted by Gasteiger charge is -2.04. The summed E-state index contributed by atoms with van der Waals surface area (Å²) in [5, 5.41) is 0. The maximum absolute atomic E-state index is 11.0. The summed E-state index contributed by atoms with van der Waals surface area (Å²) in [5.74, 6) is 2.45. The van der Waals surface area contributed by atoms with Crippen LogP contribution in [0, 0.1) is 0 Å². The highest BCUT2D eigenvalue weighted by molar-refractivity contribution is 7.65. The van der Waals surface area contributed by atoms with Crippen molar-refractivity contribution >= 4 is 7.37 Å². The molecule has 0 aliphatic rings. The molecule has 50 valence electrons. The van der Waals surface area contributed by atoms with Crippen molar-refractivity contribution in [3.8, 4) is 0 Å². The van der Waals surface area contributed by atoms with Gasteiger partial charge in [0, 0.05) is 11.6 Å². The number of hydrogen-bond acceptors (Lipinski definition) is 2. The van der Waals surface area contributed by atoms with Crippen LogP contribution < -0.4 is 0 Å². The maximum Gasteiger partial charge on any atom is 0.290 e. The first-order valence-corrected chi connectivity index (χ1v) is 4.11. The highest BCUT2D eigenvalue weighted by Crippen LogP contribution is 2.48. The Bertz CT molecular complexity index is 160. The molecule has 0 spiro atoms. The standard InChI is InChI=1S/C6H9O2P/c1-4-8-9(7,5-2)6-3/h4-6H,1-3H2. The Morgan fingerprint density at radius 3 is 1.78 bits per heavy atom. The fraction of sp³-hybridized carbons (Fsp3) is 0. The van der Waals surface area contributed by atoms with Crippen molar-refractivity contribution in [1.29, 1.82) is 0 Å². The molecule has 2 nitrogen and oxygen atoms in total. The zero-order valence-electron chi connectivity index (χ0n) is 5.12. The molecular weight excluding hydrogens is 135 g/mol. The molecule has 0 aromatic heterocycles. The first-order valence-electron chi connectivity index (χ1n) is 2.34. The van der Waals surface area contributed by atoms with Crippen LogP contribution in [-0.4, -0.2) is 0 Å². The zero-order chi connectivity index (χ0) is 7.33. The fourth-order valence-electron chi connectivity index (χ4n) is 0.277. The minimum Gasteiger partial charge on any atom is -0.446 e. The van der Waals surface area contributed by atoms with Crippen LogP contribution in [0.25, 0.3) is 0 Å². The minimum absolute atomic E-state index is 1.12. The van der Waals surface area contributed by atoms with Gasteiger partial charge in [-0.15, -0.1) is 0 Å². The lowest BCUT2D eigenvalue weighted by molar-refractivity contribution is 0.460. The summed E-state index contributed by atoms with van der Waals surface area (Å²) in [6.45, 7) is 9.88. The van der Waals surface area contributed by atoms with Crippen molar-refractivity contribution in [2.24, 2.45) is 0 Å². The average Bonchev–Trinajstić information content (AvgIpc) is 1.89. The molecule has 0 fully saturated rings. The van der Waals surface area contributed by atoms with E-state index in [1.165, 1.54) is 11.6 Å². The van der Waals surface area contributed by atoms with Gasteiger partial charge >= 0.3 is 0 Å². The van der Waals surface area contributed by atoms with Crippen LogP contribution in [0.3, 0.4) is 0 Å². The van der Waals surface area contributed by atoms with E-state index in [2.05, 4.69) is 24.3 Å². The molecule has 0 aliphatic heterocycles. The summed E-state index contributed by atoms with van der Waals surface area (Å²) in [5.41, 5.74) is 0. The molecular formula is C6H9O2P. The van der Waals surface area contributed by atoms with Gasteiger partial charge in [0.2, 0.25) is 0 Å². The van der Waals surface area contributed by atoms with Crippen molar-refractivity contribution < 1.29 is 9.09 Å². The van der Waals surface area contributed by atoms with Crippen LogP contribution in [0.2, 0.25) is 0 Å². The number of rotatable bonds is 4. The van der Waals surface area contributed by atoms with E-state index in [9.17, 15) is 4.57 Å². The largest absolute Gasteiger partial charge is 0.446 e. The van der Waals surface area contributed by atoms with Gasteiger partial charge < -0.3 is 4.52 Å². The second-order valence-electron chi connectivity index (χ2n) is 1.28. The Labute approximate surface area is 55.0 Å². The molecule has 0 aromatic carbocycles. The second-order valence-corrected chi connectivity index (χ2v) is 3.51. The third-order valence-corrected chi connectivity index (χ3v) is 2.24. The maximum atomic E-state index is 11.0. The van der Waals surface area contributed by atoms with Gasteiger partial charge in [-0.2, -0.15) is 0 Å². The van der Waals surface area contributed by atoms with Crippen LogP contribution in [0.1, 0.15) is 0 Å². The molecule has 3 heteroatoms. The quantitative estimate of drug-likeness (QED) is 0.448. The fourth-order valence-corrected chi connectivity index (χ4v) is 0.831. The lowest BCUT2D eigenvalue weighted by atomic mass is 11.2. The predicted octanol–water partition coefficient (Wildman–Crippen LogP) is 2.71. The zero-order valence-corrected chi connectivity index (χ0v) is 6.01. The van der Waals surface area contributed by atoms with E-state index in [1.54, 1.807) is 0 Å². The van der Waals surface area contributed by atoms with E-state index in [-0.39, 0.29) is 0 Å². The first kappa shape index (κ1) is 8.25. The van der Waals surface area contributed by atoms with Gasteiger partial charge in [0.05, 0.1) is 6.26 Å². The highest BCUT2D eigenvalue weighted by Gasteiger charge is 2.09. The molecule has 0 N–H and O–H groups in total.